The van der Waals surface area contributed by atoms with Crippen LogP contribution < -0.4 is 0 Å². The van der Waals surface area contributed by atoms with Gasteiger partial charge in [-0.25, -0.2) is 4.98 Å². The number of carbonyl (C=O) groups is 1. The Kier molecular flexibility index (Phi) is 5.58. The maximum absolute atomic E-state index is 13.3. The number of carbonyl (C=O) groups excluding carboxylic acids is 1. The van der Waals surface area contributed by atoms with Crippen LogP contribution in [0.1, 0.15) is 55.2 Å². The molecule has 3 heterocycles. The molecule has 1 fully saturated rings. The lowest BCUT2D eigenvalue weighted by Crippen LogP contribution is -2.41. The van der Waals surface area contributed by atoms with Gasteiger partial charge in [0.25, 0.3) is 5.91 Å². The van der Waals surface area contributed by atoms with Crippen molar-refractivity contribution in [3.63, 3.8) is 0 Å². The van der Waals surface area contributed by atoms with E-state index in [0.717, 1.165) is 75.4 Å². The van der Waals surface area contributed by atoms with Crippen molar-refractivity contribution in [2.24, 2.45) is 0 Å². The van der Waals surface area contributed by atoms with Gasteiger partial charge < -0.3 is 14.2 Å². The van der Waals surface area contributed by atoms with Crippen molar-refractivity contribution < 1.29 is 9.53 Å². The summed E-state index contributed by atoms with van der Waals surface area (Å²) in [6, 6.07) is 10.3. The van der Waals surface area contributed by atoms with Gasteiger partial charge in [0, 0.05) is 31.8 Å². The highest BCUT2D eigenvalue weighted by Crippen LogP contribution is 2.28. The van der Waals surface area contributed by atoms with E-state index in [4.69, 9.17) is 9.72 Å². The van der Waals surface area contributed by atoms with Crippen LogP contribution >= 0.6 is 0 Å². The summed E-state index contributed by atoms with van der Waals surface area (Å²) in [5.41, 5.74) is 2.89. The van der Waals surface area contributed by atoms with E-state index in [9.17, 15) is 4.79 Å². The van der Waals surface area contributed by atoms with Crippen LogP contribution in [0.4, 0.5) is 0 Å². The molecule has 0 radical (unpaired) electrons. The number of rotatable bonds is 4. The topological polar surface area (TPSA) is 47.4 Å². The summed E-state index contributed by atoms with van der Waals surface area (Å²) in [7, 11) is 0. The van der Waals surface area contributed by atoms with Crippen LogP contribution in [0.25, 0.3) is 11.4 Å². The van der Waals surface area contributed by atoms with E-state index < -0.39 is 0 Å². The first-order valence-corrected chi connectivity index (χ1v) is 10.3. The van der Waals surface area contributed by atoms with Crippen molar-refractivity contribution in [3.8, 4) is 11.4 Å². The molecular weight excluding hydrogens is 338 g/mol. The van der Waals surface area contributed by atoms with Gasteiger partial charge in [0.05, 0.1) is 11.8 Å². The number of likely N-dealkylation sites (tertiary alicyclic amines) is 1. The molecule has 2 aliphatic rings. The number of amides is 1. The summed E-state index contributed by atoms with van der Waals surface area (Å²) in [6.07, 6.45) is 6.56. The van der Waals surface area contributed by atoms with Crippen LogP contribution in [0, 0.1) is 0 Å². The fourth-order valence-electron chi connectivity index (χ4n) is 4.31. The zero-order valence-electron chi connectivity index (χ0n) is 16.2. The molecule has 1 aromatic heterocycles. The highest BCUT2D eigenvalue weighted by molar-refractivity contribution is 5.94. The van der Waals surface area contributed by atoms with Crippen LogP contribution in [0.15, 0.2) is 30.3 Å². The quantitative estimate of drug-likeness (QED) is 0.823. The number of aromatic nitrogens is 2. The van der Waals surface area contributed by atoms with Crippen LogP contribution in [0.2, 0.25) is 0 Å². The van der Waals surface area contributed by atoms with Gasteiger partial charge in [-0.3, -0.25) is 4.79 Å². The number of fused-ring (bicyclic) bond motifs is 1. The molecule has 0 saturated carbocycles. The normalized spacial score (nSPS) is 18.2. The van der Waals surface area contributed by atoms with Gasteiger partial charge in [-0.15, -0.1) is 0 Å². The van der Waals surface area contributed by atoms with Crippen LogP contribution in [0.5, 0.6) is 0 Å². The van der Waals surface area contributed by atoms with Crippen molar-refractivity contribution >= 4 is 5.91 Å². The Labute approximate surface area is 161 Å². The van der Waals surface area contributed by atoms with Crippen LogP contribution in [0.3, 0.4) is 0 Å². The molecule has 2 aliphatic heterocycles. The Balaban J connectivity index is 1.63. The lowest BCUT2D eigenvalue weighted by atomic mass is 10.1. The number of hydrogen-bond acceptors (Lipinski definition) is 3. The monoisotopic (exact) mass is 367 g/mol. The number of nitrogens with zero attached hydrogens (tertiary/aromatic N) is 3. The molecule has 0 spiro atoms. The maximum atomic E-state index is 13.3. The summed E-state index contributed by atoms with van der Waals surface area (Å²) < 4.78 is 8.02. The Hall–Kier alpha value is -2.14. The SMILES string of the molecule is CCOC1CCN(C(=O)c2nc(-c3ccccc3)n3c2CCCCC3)CC1. The Morgan fingerprint density at radius 1 is 1.11 bits per heavy atom. The first kappa shape index (κ1) is 18.2. The molecule has 0 aliphatic carbocycles. The molecule has 0 unspecified atom stereocenters. The predicted octanol–water partition coefficient (Wildman–Crippen LogP) is 3.92. The van der Waals surface area contributed by atoms with E-state index in [0.29, 0.717) is 5.69 Å². The second-order valence-electron chi connectivity index (χ2n) is 7.51. The number of benzene rings is 1. The molecule has 0 atom stereocenters. The smallest absolute Gasteiger partial charge is 0.274 e. The lowest BCUT2D eigenvalue weighted by molar-refractivity contribution is 0.0144. The Morgan fingerprint density at radius 3 is 2.63 bits per heavy atom. The largest absolute Gasteiger partial charge is 0.378 e. The van der Waals surface area contributed by atoms with E-state index in [1.807, 2.05) is 30.0 Å². The first-order chi connectivity index (χ1) is 13.3. The van der Waals surface area contributed by atoms with Gasteiger partial charge in [-0.1, -0.05) is 36.8 Å². The van der Waals surface area contributed by atoms with E-state index >= 15 is 0 Å². The highest BCUT2D eigenvalue weighted by Gasteiger charge is 2.30. The molecule has 0 N–H and O–H groups in total. The number of ether oxygens (including phenoxy) is 1. The average molecular weight is 367 g/mol. The maximum Gasteiger partial charge on any atom is 0.274 e. The van der Waals surface area contributed by atoms with Crippen molar-refractivity contribution in [1.29, 1.82) is 0 Å². The number of hydrogen-bond donors (Lipinski definition) is 0. The summed E-state index contributed by atoms with van der Waals surface area (Å²) in [6.45, 7) is 5.25. The standard InChI is InChI=1S/C22H29N3O2/c1-2-27-18-12-15-24(16-13-18)22(26)20-19-11-7-4-8-14-25(19)21(23-20)17-9-5-3-6-10-17/h3,5-6,9-10,18H,2,4,7-8,11-16H2,1H3. The van der Waals surface area contributed by atoms with Crippen molar-refractivity contribution in [3.05, 3.63) is 41.7 Å². The van der Waals surface area contributed by atoms with Gasteiger partial charge in [0.1, 0.15) is 11.5 Å². The molecule has 27 heavy (non-hydrogen) atoms. The van der Waals surface area contributed by atoms with Crippen molar-refractivity contribution in [1.82, 2.24) is 14.5 Å². The summed E-state index contributed by atoms with van der Waals surface area (Å²) >= 11 is 0. The third kappa shape index (κ3) is 3.79. The molecule has 4 rings (SSSR count). The summed E-state index contributed by atoms with van der Waals surface area (Å²) in [4.78, 5) is 20.1. The van der Waals surface area contributed by atoms with Crippen molar-refractivity contribution in [2.45, 2.75) is 58.1 Å². The van der Waals surface area contributed by atoms with Crippen LogP contribution in [-0.2, 0) is 17.7 Å². The minimum Gasteiger partial charge on any atom is -0.378 e. The van der Waals surface area contributed by atoms with E-state index in [2.05, 4.69) is 16.7 Å². The molecule has 2 aromatic rings. The zero-order chi connectivity index (χ0) is 18.6. The Morgan fingerprint density at radius 2 is 1.89 bits per heavy atom. The van der Waals surface area contributed by atoms with Gasteiger partial charge >= 0.3 is 0 Å². The third-order valence-electron chi connectivity index (χ3n) is 5.73. The van der Waals surface area contributed by atoms with E-state index in [-0.39, 0.29) is 12.0 Å². The lowest BCUT2D eigenvalue weighted by Gasteiger charge is -2.31. The van der Waals surface area contributed by atoms with Gasteiger partial charge in [0.15, 0.2) is 0 Å². The fraction of sp³-hybridized carbons (Fsp3) is 0.545. The van der Waals surface area contributed by atoms with E-state index in [1.54, 1.807) is 0 Å². The highest BCUT2D eigenvalue weighted by atomic mass is 16.5. The van der Waals surface area contributed by atoms with Gasteiger partial charge in [0.2, 0.25) is 0 Å². The second-order valence-corrected chi connectivity index (χ2v) is 7.51. The molecule has 1 amide bonds. The molecule has 1 saturated heterocycles. The predicted molar refractivity (Wildman–Crippen MR) is 106 cm³/mol. The molecule has 5 nitrogen and oxygen atoms in total. The molecule has 5 heteroatoms. The minimum absolute atomic E-state index is 0.0952. The van der Waals surface area contributed by atoms with E-state index in [1.165, 1.54) is 6.42 Å². The fourth-order valence-corrected chi connectivity index (χ4v) is 4.31. The molecular formula is C22H29N3O2. The summed E-state index contributed by atoms with van der Waals surface area (Å²) in [5.74, 6) is 1.04. The molecule has 144 valence electrons. The molecule has 1 aromatic carbocycles. The minimum atomic E-state index is 0.0952. The second kappa shape index (κ2) is 8.26. The van der Waals surface area contributed by atoms with Crippen molar-refractivity contribution in [2.75, 3.05) is 19.7 Å². The summed E-state index contributed by atoms with van der Waals surface area (Å²) in [5, 5.41) is 0. The van der Waals surface area contributed by atoms with Crippen LogP contribution in [-0.4, -0.2) is 46.2 Å². The van der Waals surface area contributed by atoms with Gasteiger partial charge in [-0.05, 0) is 39.0 Å². The zero-order valence-corrected chi connectivity index (χ0v) is 16.2. The first-order valence-electron chi connectivity index (χ1n) is 10.3. The Bertz CT molecular complexity index is 776. The van der Waals surface area contributed by atoms with Gasteiger partial charge in [-0.2, -0.15) is 0 Å². The third-order valence-corrected chi connectivity index (χ3v) is 5.73. The molecule has 0 bridgehead atoms. The number of imidazole rings is 1. The average Bonchev–Trinajstić information content (AvgIpc) is 2.90. The number of piperidine rings is 1.